The largest absolute Gasteiger partial charge is 0.494 e. The van der Waals surface area contributed by atoms with Gasteiger partial charge in [-0.05, 0) is 67.6 Å². The van der Waals surface area contributed by atoms with Crippen molar-refractivity contribution >= 4 is 0 Å². The number of hydrogen-bond acceptors (Lipinski definition) is 3. The average Bonchev–Trinajstić information content (AvgIpc) is 2.61. The van der Waals surface area contributed by atoms with Crippen molar-refractivity contribution in [3.63, 3.8) is 0 Å². The summed E-state index contributed by atoms with van der Waals surface area (Å²) in [5.41, 5.74) is 9.76. The minimum Gasteiger partial charge on any atom is -0.494 e. The number of rotatable bonds is 9. The first-order valence-electron chi connectivity index (χ1n) is 9.18. The highest BCUT2D eigenvalue weighted by Crippen LogP contribution is 2.26. The quantitative estimate of drug-likeness (QED) is 0.718. The SMILES string of the molecule is CCOc1ccc(C(CN)Cc2ccc(OCC(C)C)cc2)cc1C. The van der Waals surface area contributed by atoms with Crippen LogP contribution in [0.25, 0.3) is 0 Å². The Morgan fingerprint density at radius 2 is 1.72 bits per heavy atom. The van der Waals surface area contributed by atoms with Crippen LogP contribution in [0.5, 0.6) is 11.5 Å². The van der Waals surface area contributed by atoms with Crippen LogP contribution in [0, 0.1) is 12.8 Å². The first-order valence-corrected chi connectivity index (χ1v) is 9.18. The molecule has 0 aliphatic heterocycles. The predicted octanol–water partition coefficient (Wildman–Crippen LogP) is 4.71. The Labute approximate surface area is 152 Å². The van der Waals surface area contributed by atoms with Gasteiger partial charge in [-0.1, -0.05) is 38.1 Å². The van der Waals surface area contributed by atoms with Gasteiger partial charge in [-0.3, -0.25) is 0 Å². The van der Waals surface area contributed by atoms with Gasteiger partial charge in [0.25, 0.3) is 0 Å². The van der Waals surface area contributed by atoms with E-state index in [1.54, 1.807) is 0 Å². The van der Waals surface area contributed by atoms with Gasteiger partial charge in [0.1, 0.15) is 11.5 Å². The third-order valence-electron chi connectivity index (χ3n) is 4.24. The van der Waals surface area contributed by atoms with Gasteiger partial charge in [-0.25, -0.2) is 0 Å². The van der Waals surface area contributed by atoms with Gasteiger partial charge in [-0.2, -0.15) is 0 Å². The monoisotopic (exact) mass is 341 g/mol. The van der Waals surface area contributed by atoms with Crippen LogP contribution >= 0.6 is 0 Å². The molecule has 0 aromatic heterocycles. The molecule has 2 aromatic rings. The summed E-state index contributed by atoms with van der Waals surface area (Å²) >= 11 is 0. The maximum Gasteiger partial charge on any atom is 0.122 e. The Hall–Kier alpha value is -2.00. The lowest BCUT2D eigenvalue weighted by atomic mass is 9.91. The molecule has 3 nitrogen and oxygen atoms in total. The third-order valence-corrected chi connectivity index (χ3v) is 4.24. The van der Waals surface area contributed by atoms with Crippen LogP contribution in [0.3, 0.4) is 0 Å². The van der Waals surface area contributed by atoms with Crippen molar-refractivity contribution in [1.82, 2.24) is 0 Å². The molecule has 0 aliphatic carbocycles. The Morgan fingerprint density at radius 1 is 1.00 bits per heavy atom. The lowest BCUT2D eigenvalue weighted by Crippen LogP contribution is -2.15. The molecule has 2 aromatic carbocycles. The van der Waals surface area contributed by atoms with Crippen molar-refractivity contribution in [2.24, 2.45) is 11.7 Å². The molecular weight excluding hydrogens is 310 g/mol. The van der Waals surface area contributed by atoms with Crippen LogP contribution in [-0.4, -0.2) is 19.8 Å². The summed E-state index contributed by atoms with van der Waals surface area (Å²) in [5, 5.41) is 0. The maximum atomic E-state index is 6.05. The minimum atomic E-state index is 0.303. The zero-order valence-corrected chi connectivity index (χ0v) is 15.9. The number of aryl methyl sites for hydroxylation is 1. The van der Waals surface area contributed by atoms with Crippen molar-refractivity contribution in [3.05, 3.63) is 59.2 Å². The fourth-order valence-corrected chi connectivity index (χ4v) is 2.85. The molecule has 1 unspecified atom stereocenters. The summed E-state index contributed by atoms with van der Waals surface area (Å²) in [6.07, 6.45) is 0.925. The molecular formula is C22H31NO2. The van der Waals surface area contributed by atoms with Gasteiger partial charge >= 0.3 is 0 Å². The zero-order chi connectivity index (χ0) is 18.2. The van der Waals surface area contributed by atoms with Crippen LogP contribution in [0.2, 0.25) is 0 Å². The first-order chi connectivity index (χ1) is 12.0. The van der Waals surface area contributed by atoms with E-state index in [1.807, 2.05) is 6.92 Å². The smallest absolute Gasteiger partial charge is 0.122 e. The summed E-state index contributed by atoms with van der Waals surface area (Å²) in [5.74, 6) is 2.72. The van der Waals surface area contributed by atoms with Gasteiger partial charge in [0.15, 0.2) is 0 Å². The van der Waals surface area contributed by atoms with E-state index in [0.717, 1.165) is 30.1 Å². The van der Waals surface area contributed by atoms with Crippen molar-refractivity contribution < 1.29 is 9.47 Å². The molecule has 0 bridgehead atoms. The lowest BCUT2D eigenvalue weighted by molar-refractivity contribution is 0.271. The fraction of sp³-hybridized carbons (Fsp3) is 0.455. The molecule has 3 heteroatoms. The minimum absolute atomic E-state index is 0.303. The summed E-state index contributed by atoms with van der Waals surface area (Å²) < 4.78 is 11.4. The standard InChI is InChI=1S/C22H31NO2/c1-5-24-22-11-8-19(12-17(22)4)20(14-23)13-18-6-9-21(10-7-18)25-15-16(2)3/h6-12,16,20H,5,13-15,23H2,1-4H3. The van der Waals surface area contributed by atoms with Crippen LogP contribution in [0.15, 0.2) is 42.5 Å². The van der Waals surface area contributed by atoms with Gasteiger partial charge < -0.3 is 15.2 Å². The molecule has 0 saturated heterocycles. The summed E-state index contributed by atoms with van der Waals surface area (Å²) in [4.78, 5) is 0. The highest BCUT2D eigenvalue weighted by molar-refractivity contribution is 5.38. The van der Waals surface area contributed by atoms with E-state index in [2.05, 4.69) is 63.2 Å². The molecule has 2 rings (SSSR count). The second-order valence-electron chi connectivity index (χ2n) is 6.94. The van der Waals surface area contributed by atoms with Crippen molar-refractivity contribution in [1.29, 1.82) is 0 Å². The Balaban J connectivity index is 2.05. The number of nitrogens with two attached hydrogens (primary N) is 1. The molecule has 0 spiro atoms. The van der Waals surface area contributed by atoms with Crippen LogP contribution in [0.4, 0.5) is 0 Å². The molecule has 25 heavy (non-hydrogen) atoms. The summed E-state index contributed by atoms with van der Waals surface area (Å²) in [7, 11) is 0. The molecule has 2 N–H and O–H groups in total. The average molecular weight is 341 g/mol. The van der Waals surface area contributed by atoms with E-state index in [9.17, 15) is 0 Å². The Kier molecular flexibility index (Phi) is 7.32. The van der Waals surface area contributed by atoms with E-state index in [4.69, 9.17) is 15.2 Å². The van der Waals surface area contributed by atoms with Crippen molar-refractivity contribution in [2.75, 3.05) is 19.8 Å². The normalized spacial score (nSPS) is 12.2. The number of ether oxygens (including phenoxy) is 2. The highest BCUT2D eigenvalue weighted by atomic mass is 16.5. The molecule has 0 aliphatic rings. The highest BCUT2D eigenvalue weighted by Gasteiger charge is 2.13. The molecule has 0 radical (unpaired) electrons. The zero-order valence-electron chi connectivity index (χ0n) is 15.9. The van der Waals surface area contributed by atoms with E-state index in [-0.39, 0.29) is 0 Å². The van der Waals surface area contributed by atoms with Crippen molar-refractivity contribution in [2.45, 2.75) is 40.0 Å². The van der Waals surface area contributed by atoms with Gasteiger partial charge in [0.2, 0.25) is 0 Å². The van der Waals surface area contributed by atoms with Crippen LogP contribution in [0.1, 0.15) is 43.4 Å². The summed E-state index contributed by atoms with van der Waals surface area (Å²) in [6.45, 7) is 10.5. The van der Waals surface area contributed by atoms with E-state index in [0.29, 0.717) is 25.0 Å². The Bertz CT molecular complexity index is 650. The van der Waals surface area contributed by atoms with Gasteiger partial charge in [0, 0.05) is 5.92 Å². The maximum absolute atomic E-state index is 6.05. The van der Waals surface area contributed by atoms with Gasteiger partial charge in [-0.15, -0.1) is 0 Å². The van der Waals surface area contributed by atoms with Crippen LogP contribution in [-0.2, 0) is 6.42 Å². The fourth-order valence-electron chi connectivity index (χ4n) is 2.85. The summed E-state index contributed by atoms with van der Waals surface area (Å²) in [6, 6.07) is 14.8. The number of benzene rings is 2. The predicted molar refractivity (Wildman–Crippen MR) is 105 cm³/mol. The molecule has 0 saturated carbocycles. The Morgan fingerprint density at radius 3 is 2.28 bits per heavy atom. The van der Waals surface area contributed by atoms with E-state index < -0.39 is 0 Å². The second kappa shape index (κ2) is 9.47. The first kappa shape index (κ1) is 19.3. The molecule has 0 fully saturated rings. The van der Waals surface area contributed by atoms with Crippen molar-refractivity contribution in [3.8, 4) is 11.5 Å². The lowest BCUT2D eigenvalue weighted by Gasteiger charge is -2.18. The number of hydrogen-bond donors (Lipinski definition) is 1. The second-order valence-corrected chi connectivity index (χ2v) is 6.94. The van der Waals surface area contributed by atoms with E-state index in [1.165, 1.54) is 11.1 Å². The van der Waals surface area contributed by atoms with Crippen LogP contribution < -0.4 is 15.2 Å². The molecule has 1 atom stereocenters. The topological polar surface area (TPSA) is 44.5 Å². The molecule has 0 heterocycles. The van der Waals surface area contributed by atoms with E-state index >= 15 is 0 Å². The molecule has 0 amide bonds. The third kappa shape index (κ3) is 5.79. The van der Waals surface area contributed by atoms with Gasteiger partial charge in [0.05, 0.1) is 13.2 Å². The molecule has 136 valence electrons.